The van der Waals surface area contributed by atoms with Gasteiger partial charge in [0.25, 0.3) is 0 Å². The maximum absolute atomic E-state index is 13.4. The number of thioether (sulfide) groups is 1. The van der Waals surface area contributed by atoms with Crippen LogP contribution >= 0.6 is 11.8 Å². The Morgan fingerprint density at radius 3 is 2.30 bits per heavy atom. The third-order valence-corrected chi connectivity index (χ3v) is 8.70. The highest BCUT2D eigenvalue weighted by molar-refractivity contribution is 8.14. The van der Waals surface area contributed by atoms with Crippen LogP contribution < -0.4 is 10.5 Å². The maximum Gasteiger partial charge on any atom is 0.328 e. The molecule has 2 atom stereocenters. The van der Waals surface area contributed by atoms with Gasteiger partial charge in [-0.3, -0.25) is 4.90 Å². The van der Waals surface area contributed by atoms with Crippen molar-refractivity contribution in [1.29, 1.82) is 10.0 Å². The van der Waals surface area contributed by atoms with Gasteiger partial charge in [0.15, 0.2) is 4.71 Å². The van der Waals surface area contributed by atoms with E-state index in [1.54, 1.807) is 5.41 Å². The largest absolute Gasteiger partial charge is 0.384 e. The van der Waals surface area contributed by atoms with E-state index in [0.717, 1.165) is 88.7 Å². The highest BCUT2D eigenvalue weighted by Gasteiger charge is 2.43. The standard InChI is InChI=1S/C20H25N5O3S2/c1-20(2,27)16-10-29-19(30(22,23)28)25(16)18(26)24-17-13-7-3-5-11(13)15(9-21)12-6-4-8-14(12)17/h10,19,27H,3-8H2,1-2H3,(H,24,26)(H3,22,23,28). The van der Waals surface area contributed by atoms with Gasteiger partial charge in [-0.1, -0.05) is 11.8 Å². The fraction of sp³-hybridized carbons (Fsp3) is 0.500. The van der Waals surface area contributed by atoms with E-state index in [1.807, 2.05) is 0 Å². The van der Waals surface area contributed by atoms with Crippen LogP contribution in [0.1, 0.15) is 54.5 Å². The van der Waals surface area contributed by atoms with Gasteiger partial charge in [-0.2, -0.15) is 5.26 Å². The monoisotopic (exact) mass is 447 g/mol. The van der Waals surface area contributed by atoms with Crippen LogP contribution in [0.15, 0.2) is 11.1 Å². The van der Waals surface area contributed by atoms with Gasteiger partial charge in [0.2, 0.25) is 0 Å². The van der Waals surface area contributed by atoms with Gasteiger partial charge < -0.3 is 10.4 Å². The molecular formula is C20H25N5O3S2. The number of nitrogens with zero attached hydrogens (tertiary/aromatic N) is 2. The van der Waals surface area contributed by atoms with Crippen molar-refractivity contribution in [1.82, 2.24) is 4.90 Å². The Morgan fingerprint density at radius 2 is 1.83 bits per heavy atom. The lowest BCUT2D eigenvalue weighted by molar-refractivity contribution is 0.0930. The summed E-state index contributed by atoms with van der Waals surface area (Å²) in [7, 11) is -3.59. The summed E-state index contributed by atoms with van der Waals surface area (Å²) in [4.78, 5) is 14.6. The highest BCUT2D eigenvalue weighted by atomic mass is 32.3. The van der Waals surface area contributed by atoms with Crippen molar-refractivity contribution < 1.29 is 14.1 Å². The third-order valence-electron chi connectivity index (χ3n) is 5.90. The summed E-state index contributed by atoms with van der Waals surface area (Å²) in [5.41, 5.74) is 4.40. The van der Waals surface area contributed by atoms with Crippen molar-refractivity contribution >= 4 is 33.4 Å². The van der Waals surface area contributed by atoms with Crippen LogP contribution in [-0.2, 0) is 35.6 Å². The van der Waals surface area contributed by atoms with E-state index < -0.39 is 26.3 Å². The molecule has 0 fully saturated rings. The fourth-order valence-corrected chi connectivity index (χ4v) is 6.97. The molecule has 3 aliphatic rings. The number of aliphatic hydroxyl groups is 1. The number of hydrogen-bond donors (Lipinski definition) is 4. The van der Waals surface area contributed by atoms with Crippen molar-refractivity contribution in [3.63, 3.8) is 0 Å². The number of carbonyl (C=O) groups excluding carboxylic acids is 1. The molecule has 30 heavy (non-hydrogen) atoms. The minimum Gasteiger partial charge on any atom is -0.384 e. The summed E-state index contributed by atoms with van der Waals surface area (Å²) < 4.78 is 19.0. The first-order valence-corrected chi connectivity index (χ1v) is 12.5. The quantitative estimate of drug-likeness (QED) is 0.563. The van der Waals surface area contributed by atoms with Crippen LogP contribution in [-0.4, -0.2) is 30.6 Å². The highest BCUT2D eigenvalue weighted by Crippen LogP contribution is 2.43. The van der Waals surface area contributed by atoms with Crippen molar-refractivity contribution in [3.8, 4) is 6.07 Å². The molecule has 2 aliphatic carbocycles. The second-order valence-corrected chi connectivity index (χ2v) is 11.4. The van der Waals surface area contributed by atoms with Crippen LogP contribution in [0.5, 0.6) is 0 Å². The van der Waals surface area contributed by atoms with Gasteiger partial charge in [-0.05, 0) is 80.0 Å². The molecule has 8 nitrogen and oxygen atoms in total. The molecule has 1 aliphatic heterocycles. The summed E-state index contributed by atoms with van der Waals surface area (Å²) >= 11 is 1.00. The smallest absolute Gasteiger partial charge is 0.328 e. The Bertz CT molecular complexity index is 1080. The summed E-state index contributed by atoms with van der Waals surface area (Å²) in [5, 5.41) is 30.4. The first-order chi connectivity index (χ1) is 14.0. The number of amides is 2. The first kappa shape index (κ1) is 21.2. The Labute approximate surface area is 180 Å². The zero-order valence-corrected chi connectivity index (χ0v) is 18.6. The second-order valence-electron chi connectivity index (χ2n) is 8.44. The van der Waals surface area contributed by atoms with Gasteiger partial charge in [0.1, 0.15) is 9.92 Å². The lowest BCUT2D eigenvalue weighted by atomic mass is 9.92. The molecule has 0 bridgehead atoms. The number of benzene rings is 1. The van der Waals surface area contributed by atoms with Gasteiger partial charge in [-0.25, -0.2) is 18.9 Å². The molecule has 4 rings (SSSR count). The van der Waals surface area contributed by atoms with E-state index in [2.05, 4.69) is 11.4 Å². The zero-order valence-electron chi connectivity index (χ0n) is 16.9. The van der Waals surface area contributed by atoms with E-state index in [0.29, 0.717) is 0 Å². The van der Waals surface area contributed by atoms with Crippen molar-refractivity contribution in [2.24, 2.45) is 5.14 Å². The Morgan fingerprint density at radius 1 is 1.30 bits per heavy atom. The van der Waals surface area contributed by atoms with Crippen LogP contribution in [0, 0.1) is 16.1 Å². The molecular weight excluding hydrogens is 422 g/mol. The molecule has 1 aromatic rings. The number of fused-ring (bicyclic) bond motifs is 2. The van der Waals surface area contributed by atoms with Gasteiger partial charge in [0, 0.05) is 5.69 Å². The van der Waals surface area contributed by atoms with Crippen LogP contribution in [0.4, 0.5) is 10.5 Å². The number of carbonyl (C=O) groups is 1. The minimum atomic E-state index is -3.59. The Kier molecular flexibility index (Phi) is 5.13. The topological polar surface area (TPSA) is 143 Å². The molecule has 0 saturated heterocycles. The Hall–Kier alpha value is -2.06. The summed E-state index contributed by atoms with van der Waals surface area (Å²) in [6.07, 6.45) is 5.05. The number of hydrogen-bond acceptors (Lipinski definition) is 6. The van der Waals surface area contributed by atoms with E-state index >= 15 is 0 Å². The van der Waals surface area contributed by atoms with Gasteiger partial charge in [0.05, 0.1) is 22.9 Å². The second kappa shape index (κ2) is 7.27. The lowest BCUT2D eigenvalue weighted by Crippen LogP contribution is -2.48. The number of anilines is 1. The molecule has 1 aromatic carbocycles. The number of rotatable bonds is 3. The molecule has 10 heteroatoms. The maximum atomic E-state index is 13.4. The van der Waals surface area contributed by atoms with E-state index in [4.69, 9.17) is 9.92 Å². The summed E-state index contributed by atoms with van der Waals surface area (Å²) in [6.45, 7) is 3.06. The minimum absolute atomic E-state index is 0.252. The Balaban J connectivity index is 1.77. The number of nitriles is 1. The average molecular weight is 448 g/mol. The molecule has 2 amide bonds. The fourth-order valence-electron chi connectivity index (χ4n) is 4.65. The average Bonchev–Trinajstić information content (AvgIpc) is 3.38. The van der Waals surface area contributed by atoms with Crippen LogP contribution in [0.3, 0.4) is 0 Å². The van der Waals surface area contributed by atoms with Gasteiger partial charge >= 0.3 is 6.03 Å². The molecule has 1 heterocycles. The van der Waals surface area contributed by atoms with Crippen molar-refractivity contribution in [2.45, 2.75) is 62.7 Å². The molecule has 2 unspecified atom stereocenters. The summed E-state index contributed by atoms with van der Waals surface area (Å²) in [5.74, 6) is 0. The van der Waals surface area contributed by atoms with E-state index in [9.17, 15) is 19.4 Å². The molecule has 160 valence electrons. The normalized spacial score (nSPS) is 22.2. The lowest BCUT2D eigenvalue weighted by Gasteiger charge is -2.32. The third kappa shape index (κ3) is 3.39. The predicted molar refractivity (Wildman–Crippen MR) is 117 cm³/mol. The van der Waals surface area contributed by atoms with Gasteiger partial charge in [-0.15, -0.1) is 0 Å². The van der Waals surface area contributed by atoms with Crippen LogP contribution in [0.2, 0.25) is 0 Å². The molecule has 0 saturated carbocycles. The first-order valence-electron chi connectivity index (χ1n) is 9.87. The van der Waals surface area contributed by atoms with E-state index in [-0.39, 0.29) is 5.70 Å². The molecule has 5 N–H and O–H groups in total. The number of urea groups is 1. The molecule has 0 aromatic heterocycles. The SMILES string of the molecule is CC(C)(O)C1=CSC(S(=N)(N)=O)N1C(=O)Nc1c2c(c(C#N)c3c1CCC3)CCC2. The zero-order chi connectivity index (χ0) is 21.8. The number of nitrogens with one attached hydrogen (secondary N) is 2. The number of nitrogens with two attached hydrogens (primary N) is 1. The van der Waals surface area contributed by atoms with Crippen molar-refractivity contribution in [3.05, 3.63) is 38.9 Å². The molecule has 0 spiro atoms. The van der Waals surface area contributed by atoms with E-state index in [1.165, 1.54) is 13.8 Å². The molecule has 0 radical (unpaired) electrons. The predicted octanol–water partition coefficient (Wildman–Crippen LogP) is 2.93. The van der Waals surface area contributed by atoms with Crippen molar-refractivity contribution in [2.75, 3.05) is 5.32 Å². The summed E-state index contributed by atoms with van der Waals surface area (Å²) in [6, 6.07) is 1.80. The van der Waals surface area contributed by atoms with Crippen LogP contribution in [0.25, 0.3) is 0 Å².